The van der Waals surface area contributed by atoms with Gasteiger partial charge in [-0.2, -0.15) is 0 Å². The van der Waals surface area contributed by atoms with Crippen LogP contribution in [0.1, 0.15) is 226 Å². The third-order valence-corrected chi connectivity index (χ3v) is 49.0. The van der Waals surface area contributed by atoms with Crippen molar-refractivity contribution in [3.8, 4) is 0 Å². The second kappa shape index (κ2) is 36.2. The second-order valence-corrected chi connectivity index (χ2v) is 62.3. The van der Waals surface area contributed by atoms with Crippen LogP contribution in [-0.2, 0) is 36.7 Å². The van der Waals surface area contributed by atoms with Crippen LogP contribution in [0.25, 0.3) is 0 Å². The van der Waals surface area contributed by atoms with E-state index >= 15 is 0 Å². The summed E-state index contributed by atoms with van der Waals surface area (Å²) < 4.78 is 42.9. The molecule has 0 saturated heterocycles. The van der Waals surface area contributed by atoms with Gasteiger partial charge in [-0.3, -0.25) is 4.79 Å². The highest BCUT2D eigenvalue weighted by Crippen LogP contribution is 2.58. The molecular formula is C94H149N2O8PSi4. The molecule has 604 valence electrons. The summed E-state index contributed by atoms with van der Waals surface area (Å²) in [5.74, 6) is 3.53. The maximum atomic E-state index is 14.7. The number of hydrogen-bond donors (Lipinski definition) is 0. The highest BCUT2D eigenvalue weighted by atomic mass is 31.2. The van der Waals surface area contributed by atoms with Crippen molar-refractivity contribution in [2.45, 2.75) is 323 Å². The largest absolute Gasteiger partial charge is 0.413 e. The van der Waals surface area contributed by atoms with E-state index in [0.29, 0.717) is 41.5 Å². The quantitative estimate of drug-likeness (QED) is 0.0317. The molecular weight excluding hydrogens is 1430 g/mol. The van der Waals surface area contributed by atoms with Gasteiger partial charge in [-0.05, 0) is 232 Å². The highest BCUT2D eigenvalue weighted by Gasteiger charge is 2.51. The summed E-state index contributed by atoms with van der Waals surface area (Å²) in [6.07, 6.45) is 40.9. The van der Waals surface area contributed by atoms with Gasteiger partial charge in [0.1, 0.15) is 27.1 Å². The fourth-order valence-corrected chi connectivity index (χ4v) is 24.6. The predicted octanol–water partition coefficient (Wildman–Crippen LogP) is 25.8. The number of nitrogens with zero attached hydrogens (tertiary/aromatic N) is 2. The summed E-state index contributed by atoms with van der Waals surface area (Å²) in [6, 6.07) is 19.8. The van der Waals surface area contributed by atoms with Crippen LogP contribution in [-0.4, -0.2) is 95.3 Å². The molecule has 0 N–H and O–H groups in total. The number of ketones is 1. The summed E-state index contributed by atoms with van der Waals surface area (Å²) in [6.45, 7) is 65.3. The molecule has 2 aromatic rings. The number of rotatable bonds is 25. The number of benzene rings is 2. The number of hydrogen-bond acceptors (Lipinski definition) is 10. The van der Waals surface area contributed by atoms with Gasteiger partial charge >= 0.3 is 0 Å². The average molecular weight is 1580 g/mol. The van der Waals surface area contributed by atoms with Gasteiger partial charge in [0.2, 0.25) is 0 Å². The SMILES string of the molecule is C=C1/C(=C\C=C2/CCC[C@]3(C)C([C@H](C)C/C=C/C(=N\OC)C4CC4)=CC[C@@H]23)C[C@@H](O[Si](C)(C)C(C)(C)C)C[C@@H]1O[Si](C)(C)C(C)(C)C.C=C1/C(=C\CP(=O)(c2ccccc2)c2ccccc2)C[C@@H](O[Si](C)(C)C(C)(C)C)C[C@@H]1O[Si](C)(C)C(C)(C)C.CO/N=C(\C=C\C[C@@H](C)C1=CC[C@H]2C(=O)CCC[C@]12C)C1CC1. The molecule has 2 aromatic carbocycles. The third kappa shape index (κ3) is 22.4. The van der Waals surface area contributed by atoms with Gasteiger partial charge in [-0.15, -0.1) is 0 Å². The van der Waals surface area contributed by atoms with E-state index in [9.17, 15) is 9.36 Å². The normalized spacial score (nSPS) is 27.6. The monoisotopic (exact) mass is 1580 g/mol. The van der Waals surface area contributed by atoms with Crippen LogP contribution < -0.4 is 10.6 Å². The van der Waals surface area contributed by atoms with Crippen LogP contribution in [0.5, 0.6) is 0 Å². The van der Waals surface area contributed by atoms with Gasteiger partial charge in [-0.1, -0.05) is 254 Å². The molecule has 0 unspecified atom stereocenters. The Hall–Kier alpha value is -4.35. The van der Waals surface area contributed by atoms with Gasteiger partial charge in [0, 0.05) is 53.8 Å². The molecule has 10 rings (SSSR count). The van der Waals surface area contributed by atoms with Crippen molar-refractivity contribution in [1.29, 1.82) is 0 Å². The number of fused-ring (bicyclic) bond motifs is 2. The Morgan fingerprint density at radius 3 is 1.33 bits per heavy atom. The molecule has 0 spiro atoms. The summed E-state index contributed by atoms with van der Waals surface area (Å²) in [4.78, 5) is 22.3. The van der Waals surface area contributed by atoms with Crippen molar-refractivity contribution in [3.63, 3.8) is 0 Å². The van der Waals surface area contributed by atoms with Gasteiger partial charge in [0.05, 0.1) is 35.8 Å². The van der Waals surface area contributed by atoms with Crippen molar-refractivity contribution in [2.24, 2.45) is 56.6 Å². The van der Waals surface area contributed by atoms with Crippen LogP contribution in [0, 0.1) is 46.3 Å². The fraction of sp³-hybridized carbons (Fsp3) is 0.649. The highest BCUT2D eigenvalue weighted by molar-refractivity contribution is 7.78. The molecule has 0 radical (unpaired) electrons. The van der Waals surface area contributed by atoms with E-state index in [1.165, 1.54) is 68.1 Å². The van der Waals surface area contributed by atoms with Crippen LogP contribution in [0.15, 0.2) is 178 Å². The molecule has 0 bridgehead atoms. The molecule has 8 aliphatic rings. The Kier molecular flexibility index (Phi) is 30.0. The second-order valence-electron chi connectivity index (χ2n) is 40.3. The minimum atomic E-state index is -2.87. The minimum absolute atomic E-state index is 0.0173. The first kappa shape index (κ1) is 90.2. The van der Waals surface area contributed by atoms with Crippen LogP contribution in [0.3, 0.4) is 0 Å². The molecule has 0 aromatic heterocycles. The lowest BCUT2D eigenvalue weighted by Gasteiger charge is -2.45. The number of Topliss-reactive ketones (excluding diaryl/α,β-unsaturated/α-hetero) is 1. The molecule has 0 heterocycles. The molecule has 8 aliphatic carbocycles. The lowest BCUT2D eigenvalue weighted by molar-refractivity contribution is -0.128. The van der Waals surface area contributed by atoms with Crippen LogP contribution in [0.2, 0.25) is 72.5 Å². The number of allylic oxidation sites excluding steroid dienone is 12. The zero-order chi connectivity index (χ0) is 80.7. The summed E-state index contributed by atoms with van der Waals surface area (Å²) in [5, 5.41) is 10.7. The number of oxime groups is 2. The Morgan fingerprint density at radius 1 is 0.550 bits per heavy atom. The smallest absolute Gasteiger partial charge is 0.192 e. The van der Waals surface area contributed by atoms with E-state index in [2.05, 4.69) is 235 Å². The molecule has 0 aliphatic heterocycles. The van der Waals surface area contributed by atoms with E-state index in [-0.39, 0.29) is 61.3 Å². The van der Waals surface area contributed by atoms with E-state index < -0.39 is 40.4 Å². The first-order chi connectivity index (χ1) is 50.6. The Morgan fingerprint density at radius 2 is 0.927 bits per heavy atom. The van der Waals surface area contributed by atoms with Crippen LogP contribution in [0.4, 0.5) is 0 Å². The molecule has 15 heteroatoms. The lowest BCUT2D eigenvalue weighted by Crippen LogP contribution is -2.49. The molecule has 10 nitrogen and oxygen atoms in total. The third-order valence-electron chi connectivity index (χ3n) is 28.0. The van der Waals surface area contributed by atoms with E-state index in [0.717, 1.165) is 97.4 Å². The first-order valence-corrected chi connectivity index (χ1v) is 55.5. The van der Waals surface area contributed by atoms with Crippen molar-refractivity contribution in [3.05, 3.63) is 168 Å². The molecule has 6 fully saturated rings. The summed E-state index contributed by atoms with van der Waals surface area (Å²) >= 11 is 0. The fourth-order valence-electron chi connectivity index (χ4n) is 16.7. The van der Waals surface area contributed by atoms with E-state index in [1.54, 1.807) is 25.4 Å². The van der Waals surface area contributed by atoms with Gasteiger partial charge in [0.25, 0.3) is 0 Å². The zero-order valence-electron chi connectivity index (χ0n) is 73.2. The maximum Gasteiger partial charge on any atom is 0.192 e. The van der Waals surface area contributed by atoms with Crippen molar-refractivity contribution >= 4 is 68.2 Å². The molecule has 0 amide bonds. The molecule has 6 saturated carbocycles. The first-order valence-electron chi connectivity index (χ1n) is 42.0. The van der Waals surface area contributed by atoms with Crippen LogP contribution >= 0.6 is 7.14 Å². The van der Waals surface area contributed by atoms with Gasteiger partial charge in [-0.25, -0.2) is 0 Å². The zero-order valence-corrected chi connectivity index (χ0v) is 78.1. The van der Waals surface area contributed by atoms with Crippen molar-refractivity contribution < 1.29 is 36.7 Å². The van der Waals surface area contributed by atoms with Crippen molar-refractivity contribution in [2.75, 3.05) is 20.4 Å². The van der Waals surface area contributed by atoms with Crippen molar-refractivity contribution in [1.82, 2.24) is 0 Å². The van der Waals surface area contributed by atoms with E-state index in [1.807, 2.05) is 60.7 Å². The van der Waals surface area contributed by atoms with Gasteiger partial charge in [0.15, 0.2) is 33.3 Å². The van der Waals surface area contributed by atoms with E-state index in [4.69, 9.17) is 34.0 Å². The molecule has 109 heavy (non-hydrogen) atoms. The summed E-state index contributed by atoms with van der Waals surface area (Å²) in [5.41, 5.74) is 12.0. The Bertz CT molecular complexity index is 3770. The topological polar surface area (TPSA) is 114 Å². The maximum absolute atomic E-state index is 14.7. The average Bonchev–Trinajstić information content (AvgIpc) is 1.54. The predicted molar refractivity (Wildman–Crippen MR) is 475 cm³/mol. The van der Waals surface area contributed by atoms with Gasteiger partial charge < -0.3 is 31.9 Å². The minimum Gasteiger partial charge on any atom is -0.413 e. The summed E-state index contributed by atoms with van der Waals surface area (Å²) in [7, 11) is -7.56. The Balaban J connectivity index is 0.000000217. The molecule has 10 atom stereocenters. The Labute approximate surface area is 668 Å². The lowest BCUT2D eigenvalue weighted by atomic mass is 9.62. The number of carbonyl (C=O) groups is 1. The number of carbonyl (C=O) groups excluding carboxylic acids is 1. The standard InChI is InChI=1S/C41H69NO3Si2.C33H51O3PSi2.C20H29NO2/c1-29(17-15-19-37(42-43-10)32-21-22-32)35-24-25-36-31(18-16-26-41(35,36)9)20-23-33-27-34(44-46(11,12)39(3,4)5)28-38(30(33)2)45-47(13,14)40(6,7)8;1-26-27(22-23-37(34,29-18-14-12-15-19-29)30-20-16-13-17-21-30)24-28(35-38(8,9)32(2,3)4)25-31(26)36-39(10,11)33(5,6)7;1-14(6-4-7-18(21-23-3)15-9-10-15)16-11-12-17-19(22)8-5-13-20(16,17)2/h15,19-20,23-24,29,32,34,36,38H,2,16-18,21-22,25-28H2,1,3-14H3;12-22,28,31H,1,23-25H2,2-11H3;4,7,11,14-15,17H,5-6,8-10,12-13H2,1-3H3/b19-15+,31-20+,33-23-,42-37+;27-22-;7-4+,21-18+/t29-,34-,36+,38+,41-;28-,31+;14-,17+,20-/m111/s1.